The van der Waals surface area contributed by atoms with E-state index < -0.39 is 5.97 Å². The molecular formula is C9H16N2O3. The van der Waals surface area contributed by atoms with Gasteiger partial charge < -0.3 is 10.4 Å². The van der Waals surface area contributed by atoms with E-state index in [4.69, 9.17) is 5.11 Å². The van der Waals surface area contributed by atoms with Crippen LogP contribution in [0.5, 0.6) is 0 Å². The molecule has 5 nitrogen and oxygen atoms in total. The molecule has 0 aromatic heterocycles. The maximum absolute atomic E-state index is 11.1. The monoisotopic (exact) mass is 200 g/mol. The van der Waals surface area contributed by atoms with E-state index in [2.05, 4.69) is 5.32 Å². The molecule has 1 heterocycles. The minimum atomic E-state index is -0.791. The van der Waals surface area contributed by atoms with Crippen molar-refractivity contribution in [2.75, 3.05) is 19.6 Å². The molecule has 2 N–H and O–H groups in total. The van der Waals surface area contributed by atoms with Gasteiger partial charge in [-0.3, -0.25) is 14.5 Å². The fraction of sp³-hybridized carbons (Fsp3) is 0.778. The standard InChI is InChI=1S/C9H16N2O3/c1-7-6-10-8(12)2-4-11(7)5-3-9(13)14/h7H,2-6H2,1H3,(H,10,12)(H,13,14). The smallest absolute Gasteiger partial charge is 0.304 e. The van der Waals surface area contributed by atoms with Gasteiger partial charge in [0.15, 0.2) is 0 Å². The van der Waals surface area contributed by atoms with Crippen LogP contribution in [0.1, 0.15) is 19.8 Å². The number of nitrogens with one attached hydrogen (secondary N) is 1. The summed E-state index contributed by atoms with van der Waals surface area (Å²) < 4.78 is 0. The maximum Gasteiger partial charge on any atom is 0.304 e. The molecule has 0 aromatic rings. The molecule has 0 radical (unpaired) electrons. The average molecular weight is 200 g/mol. The molecule has 1 fully saturated rings. The van der Waals surface area contributed by atoms with E-state index in [-0.39, 0.29) is 18.4 Å². The van der Waals surface area contributed by atoms with Crippen LogP contribution in [0.25, 0.3) is 0 Å². The second kappa shape index (κ2) is 4.95. The summed E-state index contributed by atoms with van der Waals surface area (Å²) in [6, 6.07) is 0.223. The van der Waals surface area contributed by atoms with Crippen LogP contribution in [-0.2, 0) is 9.59 Å². The van der Waals surface area contributed by atoms with E-state index >= 15 is 0 Å². The van der Waals surface area contributed by atoms with Gasteiger partial charge in [0.2, 0.25) is 5.91 Å². The molecule has 1 unspecified atom stereocenters. The van der Waals surface area contributed by atoms with Crippen LogP contribution in [0.15, 0.2) is 0 Å². The van der Waals surface area contributed by atoms with Crippen LogP contribution in [0.4, 0.5) is 0 Å². The Morgan fingerprint density at radius 2 is 2.43 bits per heavy atom. The number of amides is 1. The van der Waals surface area contributed by atoms with Crippen molar-refractivity contribution < 1.29 is 14.7 Å². The quantitative estimate of drug-likeness (QED) is 0.654. The summed E-state index contributed by atoms with van der Waals surface area (Å²) in [5, 5.41) is 11.3. The van der Waals surface area contributed by atoms with Gasteiger partial charge in [0.05, 0.1) is 6.42 Å². The van der Waals surface area contributed by atoms with E-state index in [1.165, 1.54) is 0 Å². The lowest BCUT2D eigenvalue weighted by molar-refractivity contribution is -0.137. The van der Waals surface area contributed by atoms with Crippen molar-refractivity contribution in [3.63, 3.8) is 0 Å². The Hall–Kier alpha value is -1.10. The molecule has 14 heavy (non-hydrogen) atoms. The van der Waals surface area contributed by atoms with E-state index in [0.29, 0.717) is 26.1 Å². The molecular weight excluding hydrogens is 184 g/mol. The zero-order valence-electron chi connectivity index (χ0n) is 8.32. The number of carboxylic acids is 1. The summed E-state index contributed by atoms with van der Waals surface area (Å²) in [7, 11) is 0. The first kappa shape index (κ1) is 11.0. The first-order valence-corrected chi connectivity index (χ1v) is 4.82. The van der Waals surface area contributed by atoms with Gasteiger partial charge in [0, 0.05) is 32.1 Å². The van der Waals surface area contributed by atoms with Crippen LogP contribution in [0.2, 0.25) is 0 Å². The number of rotatable bonds is 3. The van der Waals surface area contributed by atoms with Gasteiger partial charge in [-0.05, 0) is 6.92 Å². The summed E-state index contributed by atoms with van der Waals surface area (Å²) >= 11 is 0. The molecule has 0 spiro atoms. The largest absolute Gasteiger partial charge is 0.481 e. The van der Waals surface area contributed by atoms with Gasteiger partial charge in [-0.2, -0.15) is 0 Å². The molecule has 0 aromatic carbocycles. The molecule has 1 saturated heterocycles. The zero-order chi connectivity index (χ0) is 10.6. The number of carbonyl (C=O) groups is 2. The van der Waals surface area contributed by atoms with Gasteiger partial charge in [-0.1, -0.05) is 0 Å². The maximum atomic E-state index is 11.1. The van der Waals surface area contributed by atoms with Crippen molar-refractivity contribution in [1.29, 1.82) is 0 Å². The van der Waals surface area contributed by atoms with Crippen molar-refractivity contribution in [2.24, 2.45) is 0 Å². The minimum Gasteiger partial charge on any atom is -0.481 e. The lowest BCUT2D eigenvalue weighted by Crippen LogP contribution is -2.38. The first-order chi connectivity index (χ1) is 6.59. The molecule has 0 saturated carbocycles. The lowest BCUT2D eigenvalue weighted by atomic mass is 10.2. The molecule has 5 heteroatoms. The summed E-state index contributed by atoms with van der Waals surface area (Å²) in [5.41, 5.74) is 0. The zero-order valence-corrected chi connectivity index (χ0v) is 8.32. The average Bonchev–Trinajstić information content (AvgIpc) is 2.27. The Bertz CT molecular complexity index is 230. The van der Waals surface area contributed by atoms with Crippen molar-refractivity contribution in [2.45, 2.75) is 25.8 Å². The van der Waals surface area contributed by atoms with Crippen molar-refractivity contribution >= 4 is 11.9 Å². The van der Waals surface area contributed by atoms with Crippen molar-refractivity contribution in [3.05, 3.63) is 0 Å². The Labute approximate surface area is 83.1 Å². The van der Waals surface area contributed by atoms with Crippen LogP contribution >= 0.6 is 0 Å². The van der Waals surface area contributed by atoms with Crippen molar-refractivity contribution in [3.8, 4) is 0 Å². The van der Waals surface area contributed by atoms with Crippen molar-refractivity contribution in [1.82, 2.24) is 10.2 Å². The predicted molar refractivity (Wildman–Crippen MR) is 50.9 cm³/mol. The molecule has 1 amide bonds. The number of hydrogen-bond acceptors (Lipinski definition) is 3. The Balaban J connectivity index is 2.41. The fourth-order valence-corrected chi connectivity index (χ4v) is 1.52. The highest BCUT2D eigenvalue weighted by Crippen LogP contribution is 2.04. The summed E-state index contributed by atoms with van der Waals surface area (Å²) in [6.45, 7) is 3.78. The number of nitrogens with zero attached hydrogens (tertiary/aromatic N) is 1. The van der Waals surface area contributed by atoms with Crippen LogP contribution < -0.4 is 5.32 Å². The highest BCUT2D eigenvalue weighted by molar-refractivity contribution is 5.76. The Kier molecular flexibility index (Phi) is 3.88. The lowest BCUT2D eigenvalue weighted by Gasteiger charge is -2.25. The van der Waals surface area contributed by atoms with E-state index in [1.54, 1.807) is 0 Å². The second-order valence-corrected chi connectivity index (χ2v) is 3.58. The van der Waals surface area contributed by atoms with Gasteiger partial charge in [0.1, 0.15) is 0 Å². The summed E-state index contributed by atoms with van der Waals surface area (Å²) in [5.74, 6) is -0.740. The molecule has 0 aliphatic carbocycles. The molecule has 1 atom stereocenters. The predicted octanol–water partition coefficient (Wildman–Crippen LogP) is -0.328. The molecule has 1 aliphatic rings. The third-order valence-electron chi connectivity index (χ3n) is 2.46. The van der Waals surface area contributed by atoms with Crippen LogP contribution in [-0.4, -0.2) is 47.6 Å². The highest BCUT2D eigenvalue weighted by atomic mass is 16.4. The van der Waals surface area contributed by atoms with Crippen LogP contribution in [0.3, 0.4) is 0 Å². The number of carbonyl (C=O) groups excluding carboxylic acids is 1. The number of hydrogen-bond donors (Lipinski definition) is 2. The molecule has 1 rings (SSSR count). The summed E-state index contributed by atoms with van der Waals surface area (Å²) in [4.78, 5) is 23.5. The first-order valence-electron chi connectivity index (χ1n) is 4.82. The van der Waals surface area contributed by atoms with Gasteiger partial charge in [0.25, 0.3) is 0 Å². The number of aliphatic carboxylic acids is 1. The Morgan fingerprint density at radius 1 is 1.71 bits per heavy atom. The number of carboxylic acid groups (broad SMARTS) is 1. The molecule has 0 bridgehead atoms. The topological polar surface area (TPSA) is 69.6 Å². The summed E-state index contributed by atoms with van der Waals surface area (Å²) in [6.07, 6.45) is 0.600. The molecule has 1 aliphatic heterocycles. The minimum absolute atomic E-state index is 0.0506. The van der Waals surface area contributed by atoms with Gasteiger partial charge >= 0.3 is 5.97 Å². The molecule has 80 valence electrons. The van der Waals surface area contributed by atoms with E-state index in [9.17, 15) is 9.59 Å². The van der Waals surface area contributed by atoms with Gasteiger partial charge in [-0.15, -0.1) is 0 Å². The van der Waals surface area contributed by atoms with Gasteiger partial charge in [-0.25, -0.2) is 0 Å². The van der Waals surface area contributed by atoms with E-state index in [1.807, 2.05) is 11.8 Å². The normalized spacial score (nSPS) is 24.1. The third kappa shape index (κ3) is 3.33. The Morgan fingerprint density at radius 3 is 3.07 bits per heavy atom. The van der Waals surface area contributed by atoms with E-state index in [0.717, 1.165) is 0 Å². The SMILES string of the molecule is CC1CNC(=O)CCN1CCC(=O)O. The van der Waals surface area contributed by atoms with Crippen LogP contribution in [0, 0.1) is 0 Å². The second-order valence-electron chi connectivity index (χ2n) is 3.58. The highest BCUT2D eigenvalue weighted by Gasteiger charge is 2.20. The fourth-order valence-electron chi connectivity index (χ4n) is 1.52. The third-order valence-corrected chi connectivity index (χ3v) is 2.46.